The van der Waals surface area contributed by atoms with Crippen molar-refractivity contribution in [1.82, 2.24) is 15.1 Å². The van der Waals surface area contributed by atoms with Crippen molar-refractivity contribution in [3.63, 3.8) is 0 Å². The highest BCUT2D eigenvalue weighted by molar-refractivity contribution is 5.95. The number of nitrogens with zero attached hydrogens (tertiary/aromatic N) is 3. The van der Waals surface area contributed by atoms with E-state index in [2.05, 4.69) is 10.2 Å². The molecular weight excluding hydrogens is 360 g/mol. The minimum Gasteiger partial charge on any atom is -0.363 e. The molecule has 1 aromatic carbocycles. The molecule has 28 heavy (non-hydrogen) atoms. The third kappa shape index (κ3) is 3.68. The Morgan fingerprint density at radius 2 is 1.89 bits per heavy atom. The maximum absolute atomic E-state index is 12.7. The molecule has 0 saturated carbocycles. The fourth-order valence-electron chi connectivity index (χ4n) is 3.86. The summed E-state index contributed by atoms with van der Waals surface area (Å²) in [5, 5.41) is 6.14. The number of amides is 2. The first-order valence-electron chi connectivity index (χ1n) is 9.41. The summed E-state index contributed by atoms with van der Waals surface area (Å²) < 4.78 is 6.01. The summed E-state index contributed by atoms with van der Waals surface area (Å²) in [6, 6.07) is 12.3. The third-order valence-electron chi connectivity index (χ3n) is 5.40. The number of carbonyl (C=O) groups excluding carboxylic acids is 2. The molecule has 1 atom stereocenters. The van der Waals surface area contributed by atoms with Crippen molar-refractivity contribution >= 4 is 17.5 Å². The van der Waals surface area contributed by atoms with E-state index in [1.807, 2.05) is 30.3 Å². The van der Waals surface area contributed by atoms with Gasteiger partial charge in [0.1, 0.15) is 12.3 Å². The monoisotopic (exact) mass is 382 g/mol. The lowest BCUT2D eigenvalue weighted by molar-refractivity contribution is -0.140. The highest BCUT2D eigenvalue weighted by Gasteiger charge is 2.42. The van der Waals surface area contributed by atoms with E-state index in [0.717, 1.165) is 18.5 Å². The van der Waals surface area contributed by atoms with Crippen molar-refractivity contribution in [3.8, 4) is 0 Å². The van der Waals surface area contributed by atoms with Crippen molar-refractivity contribution < 1.29 is 14.3 Å². The summed E-state index contributed by atoms with van der Waals surface area (Å²) in [5.74, 6) is -0.258. The molecular formula is C20H22N4O4. The van der Waals surface area contributed by atoms with Crippen LogP contribution in [0.5, 0.6) is 0 Å². The number of nitrogens with one attached hydrogen (secondary N) is 1. The number of para-hydroxylation sites is 1. The Morgan fingerprint density at radius 1 is 1.07 bits per heavy atom. The van der Waals surface area contributed by atoms with Gasteiger partial charge in [0.2, 0.25) is 0 Å². The van der Waals surface area contributed by atoms with E-state index in [0.29, 0.717) is 26.1 Å². The van der Waals surface area contributed by atoms with Crippen LogP contribution in [0.2, 0.25) is 0 Å². The molecule has 146 valence electrons. The molecule has 0 aliphatic carbocycles. The third-order valence-corrected chi connectivity index (χ3v) is 5.40. The number of anilines is 1. The van der Waals surface area contributed by atoms with Gasteiger partial charge in [0.25, 0.3) is 17.4 Å². The van der Waals surface area contributed by atoms with Gasteiger partial charge in [-0.2, -0.15) is 5.10 Å². The molecule has 8 nitrogen and oxygen atoms in total. The van der Waals surface area contributed by atoms with Crippen LogP contribution in [0.4, 0.5) is 5.69 Å². The molecule has 1 unspecified atom stereocenters. The van der Waals surface area contributed by atoms with Crippen LogP contribution in [0, 0.1) is 0 Å². The van der Waals surface area contributed by atoms with Gasteiger partial charge < -0.3 is 14.5 Å². The highest BCUT2D eigenvalue weighted by atomic mass is 16.5. The van der Waals surface area contributed by atoms with E-state index < -0.39 is 5.60 Å². The lowest BCUT2D eigenvalue weighted by Gasteiger charge is -2.42. The number of hydrogen-bond acceptors (Lipinski definition) is 5. The van der Waals surface area contributed by atoms with Crippen molar-refractivity contribution in [2.45, 2.75) is 24.9 Å². The SMILES string of the molecule is O=C(c1ccc(=O)[nH]n1)N1CCCC2(CC1)CN(c1ccccc1)C(=O)CO2. The molecule has 4 rings (SSSR count). The number of aromatic nitrogens is 2. The van der Waals surface area contributed by atoms with E-state index in [-0.39, 0.29) is 29.7 Å². The molecule has 1 spiro atoms. The molecule has 8 heteroatoms. The number of ether oxygens (including phenoxy) is 1. The van der Waals surface area contributed by atoms with Gasteiger partial charge in [-0.15, -0.1) is 0 Å². The van der Waals surface area contributed by atoms with Crippen molar-refractivity contribution in [2.75, 3.05) is 31.1 Å². The molecule has 1 N–H and O–H groups in total. The van der Waals surface area contributed by atoms with E-state index in [4.69, 9.17) is 4.74 Å². The largest absolute Gasteiger partial charge is 0.363 e. The molecule has 1 aromatic heterocycles. The lowest BCUT2D eigenvalue weighted by atomic mass is 9.92. The van der Waals surface area contributed by atoms with E-state index in [1.165, 1.54) is 12.1 Å². The van der Waals surface area contributed by atoms with Gasteiger partial charge in [-0.3, -0.25) is 14.4 Å². The molecule has 3 heterocycles. The van der Waals surface area contributed by atoms with Gasteiger partial charge in [0, 0.05) is 24.8 Å². The second kappa shape index (κ2) is 7.55. The van der Waals surface area contributed by atoms with Crippen LogP contribution < -0.4 is 10.5 Å². The number of likely N-dealkylation sites (tertiary alicyclic amines) is 1. The minimum atomic E-state index is -0.461. The fraction of sp³-hybridized carbons (Fsp3) is 0.400. The number of morpholine rings is 1. The molecule has 0 radical (unpaired) electrons. The summed E-state index contributed by atoms with van der Waals surface area (Å²) in [7, 11) is 0. The highest BCUT2D eigenvalue weighted by Crippen LogP contribution is 2.33. The summed E-state index contributed by atoms with van der Waals surface area (Å²) in [5.41, 5.74) is 0.288. The quantitative estimate of drug-likeness (QED) is 0.842. The maximum atomic E-state index is 12.7. The van der Waals surface area contributed by atoms with Crippen LogP contribution in [0.15, 0.2) is 47.3 Å². The van der Waals surface area contributed by atoms with Crippen LogP contribution in [0.25, 0.3) is 0 Å². The first-order chi connectivity index (χ1) is 13.6. The maximum Gasteiger partial charge on any atom is 0.274 e. The number of H-pyrrole nitrogens is 1. The normalized spacial score (nSPS) is 22.9. The summed E-state index contributed by atoms with van der Waals surface area (Å²) in [4.78, 5) is 39.8. The lowest BCUT2D eigenvalue weighted by Crippen LogP contribution is -2.55. The zero-order valence-electron chi connectivity index (χ0n) is 15.5. The molecule has 2 saturated heterocycles. The Bertz CT molecular complexity index is 909. The Balaban J connectivity index is 1.48. The molecule has 0 bridgehead atoms. The Kier molecular flexibility index (Phi) is 4.95. The van der Waals surface area contributed by atoms with E-state index in [1.54, 1.807) is 9.80 Å². The summed E-state index contributed by atoms with van der Waals surface area (Å²) in [6.45, 7) is 1.62. The van der Waals surface area contributed by atoms with Crippen LogP contribution in [0.1, 0.15) is 29.8 Å². The molecule has 2 aliphatic rings. The standard InChI is InChI=1S/C20H22N4O4/c25-17-8-7-16(21-22-17)19(27)23-11-4-9-20(10-12-23)14-24(18(26)13-28-20)15-5-2-1-3-6-15/h1-3,5-8H,4,9-14H2,(H,22,25). The number of benzene rings is 1. The van der Waals surface area contributed by atoms with Gasteiger partial charge in [-0.05, 0) is 37.5 Å². The van der Waals surface area contributed by atoms with Gasteiger partial charge in [-0.25, -0.2) is 5.10 Å². The summed E-state index contributed by atoms with van der Waals surface area (Å²) >= 11 is 0. The van der Waals surface area contributed by atoms with Crippen molar-refractivity contribution in [1.29, 1.82) is 0 Å². The zero-order valence-corrected chi connectivity index (χ0v) is 15.5. The second-order valence-corrected chi connectivity index (χ2v) is 7.24. The number of aromatic amines is 1. The van der Waals surface area contributed by atoms with Gasteiger partial charge in [0.05, 0.1) is 12.1 Å². The number of carbonyl (C=O) groups is 2. The average molecular weight is 382 g/mol. The van der Waals surface area contributed by atoms with Crippen molar-refractivity contribution in [3.05, 3.63) is 58.5 Å². The van der Waals surface area contributed by atoms with Crippen LogP contribution in [-0.4, -0.2) is 58.8 Å². The topological polar surface area (TPSA) is 95.6 Å². The Morgan fingerprint density at radius 3 is 2.64 bits per heavy atom. The Labute approximate surface area is 162 Å². The second-order valence-electron chi connectivity index (χ2n) is 7.24. The van der Waals surface area contributed by atoms with E-state index in [9.17, 15) is 14.4 Å². The smallest absolute Gasteiger partial charge is 0.274 e. The first-order valence-corrected chi connectivity index (χ1v) is 9.41. The zero-order chi connectivity index (χ0) is 19.6. The van der Waals surface area contributed by atoms with Gasteiger partial charge >= 0.3 is 0 Å². The molecule has 2 amide bonds. The van der Waals surface area contributed by atoms with E-state index >= 15 is 0 Å². The fourth-order valence-corrected chi connectivity index (χ4v) is 3.86. The average Bonchev–Trinajstić information content (AvgIpc) is 2.93. The number of rotatable bonds is 2. The molecule has 2 aliphatic heterocycles. The van der Waals surface area contributed by atoms with Crippen molar-refractivity contribution in [2.24, 2.45) is 0 Å². The minimum absolute atomic E-state index is 0.0460. The van der Waals surface area contributed by atoms with Gasteiger partial charge in [0.15, 0.2) is 0 Å². The Hall–Kier alpha value is -3.00. The first kappa shape index (κ1) is 18.4. The molecule has 2 fully saturated rings. The van der Waals surface area contributed by atoms with Gasteiger partial charge in [-0.1, -0.05) is 18.2 Å². The predicted octanol–water partition coefficient (Wildman–Crippen LogP) is 1.20. The summed E-state index contributed by atoms with van der Waals surface area (Å²) in [6.07, 6.45) is 2.18. The number of hydrogen-bond donors (Lipinski definition) is 1. The predicted molar refractivity (Wildman–Crippen MR) is 102 cm³/mol. The van der Waals surface area contributed by atoms with Crippen LogP contribution in [0.3, 0.4) is 0 Å². The molecule has 2 aromatic rings. The van der Waals surface area contributed by atoms with Crippen LogP contribution in [-0.2, 0) is 9.53 Å². The van der Waals surface area contributed by atoms with Crippen LogP contribution >= 0.6 is 0 Å².